The van der Waals surface area contributed by atoms with Crippen LogP contribution < -0.4 is 0 Å². The maximum atomic E-state index is 11.2. The molecule has 0 atom stereocenters. The van der Waals surface area contributed by atoms with Gasteiger partial charge in [-0.1, -0.05) is 0 Å². The van der Waals surface area contributed by atoms with Crippen LogP contribution in [0.1, 0.15) is 0 Å². The van der Waals surface area contributed by atoms with Gasteiger partial charge < -0.3 is 4.42 Å². The zero-order chi connectivity index (χ0) is 14.5. The molecule has 104 valence electrons. The molecule has 1 rings (SSSR count). The Morgan fingerprint density at radius 1 is 0.778 bits per heavy atom. The summed E-state index contributed by atoms with van der Waals surface area (Å²) in [5.41, 5.74) is 0. The molecule has 0 unspecified atom stereocenters. The van der Waals surface area contributed by atoms with Crippen LogP contribution in [0.5, 0.6) is 0 Å². The zero-order valence-corrected chi connectivity index (χ0v) is 13.3. The van der Waals surface area contributed by atoms with Crippen LogP contribution in [0.25, 0.3) is 0 Å². The molecule has 0 radical (unpaired) electrons. The molecule has 7 nitrogen and oxygen atoms in total. The van der Waals surface area contributed by atoms with Crippen LogP contribution in [0.4, 0.5) is 0 Å². The van der Waals surface area contributed by atoms with Gasteiger partial charge >= 0.3 is 0 Å². The van der Waals surface area contributed by atoms with Crippen molar-refractivity contribution in [2.24, 2.45) is 0 Å². The van der Waals surface area contributed by atoms with Crippen LogP contribution in [0.3, 0.4) is 0 Å². The largest absolute Gasteiger partial charge is 0.434 e. The second-order valence-electron chi connectivity index (χ2n) is 2.67. The molecule has 0 fully saturated rings. The third-order valence-corrected chi connectivity index (χ3v) is 6.04. The highest BCUT2D eigenvalue weighted by atomic mass is 35.7. The van der Waals surface area contributed by atoms with Crippen molar-refractivity contribution < 1.29 is 29.7 Å². The Morgan fingerprint density at radius 3 is 1.44 bits per heavy atom. The van der Waals surface area contributed by atoms with Crippen molar-refractivity contribution in [3.05, 3.63) is 0 Å². The molecule has 1 heterocycles. The number of halogens is 3. The summed E-state index contributed by atoms with van der Waals surface area (Å²) in [5.74, 6) is 0. The lowest BCUT2D eigenvalue weighted by Gasteiger charge is -1.97. The monoisotopic (exact) mass is 394 g/mol. The van der Waals surface area contributed by atoms with E-state index >= 15 is 0 Å². The number of furan rings is 1. The third-order valence-electron chi connectivity index (χ3n) is 1.48. The smallest absolute Gasteiger partial charge is 0.295 e. The van der Waals surface area contributed by atoms with Crippen molar-refractivity contribution in [2.45, 2.75) is 20.0 Å². The molecule has 1 aromatic rings. The van der Waals surface area contributed by atoms with Gasteiger partial charge in [0.15, 0.2) is 14.9 Å². The zero-order valence-electron chi connectivity index (χ0n) is 7.66. The summed E-state index contributed by atoms with van der Waals surface area (Å²) in [7, 11) is 0.569. The average Bonchev–Trinajstić information content (AvgIpc) is 2.39. The van der Waals surface area contributed by atoms with E-state index in [-0.39, 0.29) is 0 Å². The van der Waals surface area contributed by atoms with Gasteiger partial charge in [-0.25, -0.2) is 25.3 Å². The van der Waals surface area contributed by atoms with Gasteiger partial charge in [0.2, 0.25) is 0 Å². The molecule has 0 bridgehead atoms. The summed E-state index contributed by atoms with van der Waals surface area (Å²) in [6.45, 7) is 0. The van der Waals surface area contributed by atoms with Crippen LogP contribution in [0.15, 0.2) is 24.4 Å². The molecular formula is C4HCl3O7S4. The highest BCUT2D eigenvalue weighted by Gasteiger charge is 2.39. The molecule has 0 aliphatic heterocycles. The fourth-order valence-electron chi connectivity index (χ4n) is 0.956. The molecule has 0 saturated heterocycles. The number of hydrogen-bond donors (Lipinski definition) is 1. The quantitative estimate of drug-likeness (QED) is 0.606. The molecule has 0 saturated carbocycles. The number of hydrogen-bond acceptors (Lipinski definition) is 8. The lowest BCUT2D eigenvalue weighted by Crippen LogP contribution is -2.03. The Morgan fingerprint density at radius 2 is 1.17 bits per heavy atom. The number of rotatable bonds is 3. The van der Waals surface area contributed by atoms with E-state index in [0.717, 1.165) is 0 Å². The molecule has 0 spiro atoms. The molecule has 0 amide bonds. The first-order chi connectivity index (χ1) is 7.76. The SMILES string of the molecule is O=S(=O)(Cl)c1oc(S)c(S(=O)(=O)Cl)c1S(=O)(=O)Cl. The van der Waals surface area contributed by atoms with Gasteiger partial charge in [-0.15, -0.1) is 12.6 Å². The van der Waals surface area contributed by atoms with Crippen LogP contribution in [0.2, 0.25) is 0 Å². The van der Waals surface area contributed by atoms with Gasteiger partial charge in [-0.3, -0.25) is 0 Å². The van der Waals surface area contributed by atoms with Gasteiger partial charge in [0, 0.05) is 32.0 Å². The maximum absolute atomic E-state index is 11.2. The lowest BCUT2D eigenvalue weighted by molar-refractivity contribution is 0.373. The molecule has 0 aliphatic carbocycles. The van der Waals surface area contributed by atoms with E-state index in [1.165, 1.54) is 0 Å². The van der Waals surface area contributed by atoms with Gasteiger partial charge in [0.25, 0.3) is 32.2 Å². The Kier molecular flexibility index (Phi) is 4.30. The predicted molar refractivity (Wildman–Crippen MR) is 65.1 cm³/mol. The third kappa shape index (κ3) is 3.26. The summed E-state index contributed by atoms with van der Waals surface area (Å²) >= 11 is 3.47. The fourth-order valence-corrected chi connectivity index (χ4v) is 6.58. The summed E-state index contributed by atoms with van der Waals surface area (Å²) < 4.78 is 71.2. The van der Waals surface area contributed by atoms with E-state index in [4.69, 9.17) is 32.0 Å². The van der Waals surface area contributed by atoms with Gasteiger partial charge in [0.1, 0.15) is 0 Å². The van der Waals surface area contributed by atoms with Crippen LogP contribution in [0, 0.1) is 0 Å². The number of thiol groups is 1. The highest BCUT2D eigenvalue weighted by molar-refractivity contribution is 8.17. The molecule has 0 N–H and O–H groups in total. The first-order valence-electron chi connectivity index (χ1n) is 3.46. The van der Waals surface area contributed by atoms with Crippen molar-refractivity contribution in [1.82, 2.24) is 0 Å². The summed E-state index contributed by atoms with van der Waals surface area (Å²) in [6, 6.07) is 0. The maximum Gasteiger partial charge on any atom is 0.295 e. The topological polar surface area (TPSA) is 116 Å². The van der Waals surface area contributed by atoms with Crippen molar-refractivity contribution in [2.75, 3.05) is 0 Å². The lowest BCUT2D eigenvalue weighted by atomic mass is 10.6. The predicted octanol–water partition coefficient (Wildman–Crippen LogP) is 1.35. The normalized spacial score (nSPS) is 13.8. The Bertz CT molecular complexity index is 799. The first-order valence-corrected chi connectivity index (χ1v) is 10.8. The van der Waals surface area contributed by atoms with Gasteiger partial charge in [-0.2, -0.15) is 0 Å². The first kappa shape index (κ1) is 16.4. The van der Waals surface area contributed by atoms with Gasteiger partial charge in [0.05, 0.1) is 0 Å². The van der Waals surface area contributed by atoms with Crippen molar-refractivity contribution in [3.8, 4) is 0 Å². The van der Waals surface area contributed by atoms with E-state index in [1.807, 2.05) is 0 Å². The van der Waals surface area contributed by atoms with Crippen molar-refractivity contribution in [3.63, 3.8) is 0 Å². The summed E-state index contributed by atoms with van der Waals surface area (Å²) in [5, 5.41) is -2.24. The minimum Gasteiger partial charge on any atom is -0.434 e. The Balaban J connectivity index is 4.07. The van der Waals surface area contributed by atoms with Crippen LogP contribution in [-0.4, -0.2) is 25.3 Å². The van der Waals surface area contributed by atoms with Crippen LogP contribution >= 0.6 is 44.7 Å². The molecule has 0 aliphatic rings. The second-order valence-corrected chi connectivity index (χ2v) is 10.5. The van der Waals surface area contributed by atoms with E-state index in [1.54, 1.807) is 0 Å². The Labute approximate surface area is 121 Å². The van der Waals surface area contributed by atoms with E-state index in [9.17, 15) is 25.3 Å². The van der Waals surface area contributed by atoms with Crippen molar-refractivity contribution >= 4 is 71.8 Å². The van der Waals surface area contributed by atoms with Gasteiger partial charge in [-0.05, 0) is 0 Å². The standard InChI is InChI=1S/C4HCl3O7S4/c5-16(8,9)1-2(17(6,10)11)4(14-3(1)15)18(7,12)13/h15H. The van der Waals surface area contributed by atoms with Crippen LogP contribution in [-0.2, 0) is 27.2 Å². The highest BCUT2D eigenvalue weighted by Crippen LogP contribution is 2.40. The van der Waals surface area contributed by atoms with Crippen molar-refractivity contribution in [1.29, 1.82) is 0 Å². The fraction of sp³-hybridized carbons (Fsp3) is 0. The molecule has 1 aromatic heterocycles. The summed E-state index contributed by atoms with van der Waals surface area (Å²) in [6.07, 6.45) is 0. The van der Waals surface area contributed by atoms with E-state index in [2.05, 4.69) is 17.0 Å². The van der Waals surface area contributed by atoms with E-state index in [0.29, 0.717) is 0 Å². The molecule has 0 aromatic carbocycles. The summed E-state index contributed by atoms with van der Waals surface area (Å²) in [4.78, 5) is -2.57. The minimum absolute atomic E-state index is 0.872. The molecule has 18 heavy (non-hydrogen) atoms. The second kappa shape index (κ2) is 4.72. The molecular weight excluding hydrogens is 395 g/mol. The molecule has 14 heteroatoms. The van der Waals surface area contributed by atoms with E-state index < -0.39 is 47.1 Å². The Hall–Kier alpha value is 0.350. The average molecular weight is 396 g/mol. The minimum atomic E-state index is -4.81.